The number of nitrogens with one attached hydrogen (secondary N) is 3. The summed E-state index contributed by atoms with van der Waals surface area (Å²) in [5.41, 5.74) is 5.74. The number of hydrogen-bond acceptors (Lipinski definition) is 6. The Morgan fingerprint density at radius 2 is 1.74 bits per heavy atom. The van der Waals surface area contributed by atoms with Gasteiger partial charge in [-0.3, -0.25) is 4.98 Å². The van der Waals surface area contributed by atoms with Crippen molar-refractivity contribution in [3.05, 3.63) is 35.8 Å². The van der Waals surface area contributed by atoms with Crippen LogP contribution in [0.2, 0.25) is 0 Å². The van der Waals surface area contributed by atoms with Crippen molar-refractivity contribution in [1.82, 2.24) is 15.3 Å². The zero-order valence-electron chi connectivity index (χ0n) is 19.2. The molecule has 0 saturated heterocycles. The molecule has 2 aliphatic carbocycles. The predicted octanol–water partition coefficient (Wildman–Crippen LogP) is 4.54. The van der Waals surface area contributed by atoms with Gasteiger partial charge in [0.15, 0.2) is 0 Å². The lowest BCUT2D eigenvalue weighted by Crippen LogP contribution is -2.38. The van der Waals surface area contributed by atoms with Crippen molar-refractivity contribution in [1.29, 1.82) is 0 Å². The van der Waals surface area contributed by atoms with Crippen molar-refractivity contribution >= 4 is 11.5 Å². The Balaban J connectivity index is 1.39. The van der Waals surface area contributed by atoms with Crippen LogP contribution < -0.4 is 16.0 Å². The van der Waals surface area contributed by atoms with Gasteiger partial charge in [0.25, 0.3) is 0 Å². The van der Waals surface area contributed by atoms with E-state index >= 15 is 0 Å². The monoisotopic (exact) mass is 423 g/mol. The quantitative estimate of drug-likeness (QED) is 0.487. The van der Waals surface area contributed by atoms with Gasteiger partial charge in [-0.15, -0.1) is 0 Å². The van der Waals surface area contributed by atoms with E-state index in [-0.39, 0.29) is 0 Å². The molecule has 0 radical (unpaired) electrons. The van der Waals surface area contributed by atoms with E-state index in [0.717, 1.165) is 61.2 Å². The van der Waals surface area contributed by atoms with E-state index in [4.69, 9.17) is 4.74 Å². The first-order chi connectivity index (χ1) is 15.1. The molecule has 0 aromatic carbocycles. The second-order valence-corrected chi connectivity index (χ2v) is 9.21. The first kappa shape index (κ1) is 22.0. The molecule has 3 N–H and O–H groups in total. The molecule has 6 nitrogen and oxygen atoms in total. The largest absolute Gasteiger partial charge is 0.383 e. The summed E-state index contributed by atoms with van der Waals surface area (Å²) in [7, 11) is 1.75. The molecule has 0 aliphatic heterocycles. The molecule has 2 fully saturated rings. The molecule has 2 aromatic heterocycles. The number of pyridine rings is 2. The maximum absolute atomic E-state index is 5.14. The van der Waals surface area contributed by atoms with E-state index in [0.29, 0.717) is 12.1 Å². The number of aryl methyl sites for hydroxylation is 2. The molecule has 168 valence electrons. The number of ether oxygens (including phenoxy) is 1. The Morgan fingerprint density at radius 3 is 2.48 bits per heavy atom. The molecule has 0 bridgehead atoms. The average Bonchev–Trinajstić information content (AvgIpc) is 3.61. The van der Waals surface area contributed by atoms with Crippen LogP contribution in [0.25, 0.3) is 11.1 Å². The zero-order chi connectivity index (χ0) is 21.6. The molecule has 4 rings (SSSR count). The van der Waals surface area contributed by atoms with Gasteiger partial charge in [-0.25, -0.2) is 4.98 Å². The molecule has 0 atom stereocenters. The highest BCUT2D eigenvalue weighted by atomic mass is 16.5. The third kappa shape index (κ3) is 6.17. The number of aromatic nitrogens is 2. The van der Waals surface area contributed by atoms with Crippen LogP contribution in [0.4, 0.5) is 11.5 Å². The molecule has 2 aliphatic rings. The highest BCUT2D eigenvalue weighted by Crippen LogP contribution is 2.32. The Labute approximate surface area is 186 Å². The van der Waals surface area contributed by atoms with Gasteiger partial charge in [0.1, 0.15) is 5.82 Å². The van der Waals surface area contributed by atoms with Crippen LogP contribution in [0.1, 0.15) is 49.8 Å². The maximum Gasteiger partial charge on any atom is 0.126 e. The summed E-state index contributed by atoms with van der Waals surface area (Å²) < 4.78 is 5.14. The van der Waals surface area contributed by atoms with Crippen molar-refractivity contribution in [3.63, 3.8) is 0 Å². The van der Waals surface area contributed by atoms with Crippen LogP contribution in [0, 0.1) is 19.8 Å². The van der Waals surface area contributed by atoms with Gasteiger partial charge in [-0.05, 0) is 81.5 Å². The normalized spacial score (nSPS) is 21.1. The standard InChI is InChI=1S/C25H37N5O/c1-17-14-29-25(30-22-8-6-21(7-9-22)26-10-11-31-3)13-23(17)20-12-24(18(2)27-16-20)28-15-19-4-5-19/h12-14,16,19,21-22,26,28H,4-11,15H2,1-3H3,(H,29,30). The fourth-order valence-electron chi connectivity index (χ4n) is 4.37. The highest BCUT2D eigenvalue weighted by molar-refractivity contribution is 5.72. The molecule has 6 heteroatoms. The molecular formula is C25H37N5O. The number of nitrogens with zero attached hydrogens (tertiary/aromatic N) is 2. The van der Waals surface area contributed by atoms with Crippen molar-refractivity contribution in [2.24, 2.45) is 5.92 Å². The summed E-state index contributed by atoms with van der Waals surface area (Å²) in [6, 6.07) is 5.52. The molecule has 31 heavy (non-hydrogen) atoms. The first-order valence-corrected chi connectivity index (χ1v) is 11.8. The van der Waals surface area contributed by atoms with E-state index in [1.54, 1.807) is 7.11 Å². The summed E-state index contributed by atoms with van der Waals surface area (Å²) in [5.74, 6) is 1.80. The van der Waals surface area contributed by atoms with E-state index in [2.05, 4.69) is 51.9 Å². The van der Waals surface area contributed by atoms with Gasteiger partial charge in [0.2, 0.25) is 0 Å². The van der Waals surface area contributed by atoms with E-state index in [1.165, 1.54) is 36.8 Å². The lowest BCUT2D eigenvalue weighted by atomic mass is 9.91. The summed E-state index contributed by atoms with van der Waals surface area (Å²) in [5, 5.41) is 10.9. The Morgan fingerprint density at radius 1 is 0.968 bits per heavy atom. The van der Waals surface area contributed by atoms with Crippen molar-refractivity contribution in [3.8, 4) is 11.1 Å². The Hall–Kier alpha value is -2.18. The zero-order valence-corrected chi connectivity index (χ0v) is 19.2. The number of rotatable bonds is 10. The third-order valence-electron chi connectivity index (χ3n) is 6.60. The Bertz CT molecular complexity index is 859. The number of methoxy groups -OCH3 is 1. The number of anilines is 2. The molecule has 0 spiro atoms. The lowest BCUT2D eigenvalue weighted by Gasteiger charge is -2.30. The van der Waals surface area contributed by atoms with Gasteiger partial charge in [0, 0.05) is 50.2 Å². The van der Waals surface area contributed by atoms with E-state index in [1.807, 2.05) is 12.4 Å². The second-order valence-electron chi connectivity index (χ2n) is 9.21. The minimum atomic E-state index is 0.482. The fraction of sp³-hybridized carbons (Fsp3) is 0.600. The van der Waals surface area contributed by atoms with E-state index in [9.17, 15) is 0 Å². The van der Waals surface area contributed by atoms with Gasteiger partial charge in [-0.2, -0.15) is 0 Å². The summed E-state index contributed by atoms with van der Waals surface area (Å²) in [6.45, 7) is 6.97. The molecule has 2 heterocycles. The van der Waals surface area contributed by atoms with Crippen LogP contribution in [0.5, 0.6) is 0 Å². The van der Waals surface area contributed by atoms with Gasteiger partial charge in [-0.1, -0.05) is 0 Å². The van der Waals surface area contributed by atoms with Crippen LogP contribution >= 0.6 is 0 Å². The molecular weight excluding hydrogens is 386 g/mol. The highest BCUT2D eigenvalue weighted by Gasteiger charge is 2.22. The van der Waals surface area contributed by atoms with Gasteiger partial charge in [0.05, 0.1) is 18.0 Å². The molecule has 0 amide bonds. The summed E-state index contributed by atoms with van der Waals surface area (Å²) in [4.78, 5) is 9.33. The molecule has 0 unspecified atom stereocenters. The minimum Gasteiger partial charge on any atom is -0.383 e. The minimum absolute atomic E-state index is 0.482. The number of hydrogen-bond donors (Lipinski definition) is 3. The summed E-state index contributed by atoms with van der Waals surface area (Å²) >= 11 is 0. The predicted molar refractivity (Wildman–Crippen MR) is 128 cm³/mol. The van der Waals surface area contributed by atoms with Crippen molar-refractivity contribution < 1.29 is 4.74 Å². The SMILES string of the molecule is COCCNC1CCC(Nc2cc(-c3cnc(C)c(NCC4CC4)c3)c(C)cn2)CC1. The Kier molecular flexibility index (Phi) is 7.41. The topological polar surface area (TPSA) is 71.1 Å². The smallest absolute Gasteiger partial charge is 0.126 e. The maximum atomic E-state index is 5.14. The molecule has 2 aromatic rings. The lowest BCUT2D eigenvalue weighted by molar-refractivity contribution is 0.191. The van der Waals surface area contributed by atoms with Crippen molar-refractivity contribution in [2.75, 3.05) is 37.4 Å². The van der Waals surface area contributed by atoms with Crippen LogP contribution in [0.3, 0.4) is 0 Å². The van der Waals surface area contributed by atoms with Crippen LogP contribution in [-0.4, -0.2) is 48.9 Å². The van der Waals surface area contributed by atoms with Crippen LogP contribution in [-0.2, 0) is 4.74 Å². The summed E-state index contributed by atoms with van der Waals surface area (Å²) in [6.07, 6.45) is 11.4. The van der Waals surface area contributed by atoms with Crippen LogP contribution in [0.15, 0.2) is 24.5 Å². The van der Waals surface area contributed by atoms with E-state index < -0.39 is 0 Å². The fourth-order valence-corrected chi connectivity index (χ4v) is 4.37. The van der Waals surface area contributed by atoms with Crippen molar-refractivity contribution in [2.45, 2.75) is 64.5 Å². The van der Waals surface area contributed by atoms with Gasteiger partial charge < -0.3 is 20.7 Å². The molecule has 2 saturated carbocycles. The van der Waals surface area contributed by atoms with Gasteiger partial charge >= 0.3 is 0 Å². The second kappa shape index (κ2) is 10.4. The first-order valence-electron chi connectivity index (χ1n) is 11.8. The third-order valence-corrected chi connectivity index (χ3v) is 6.60. The average molecular weight is 424 g/mol.